The Kier molecular flexibility index (Phi) is 2.34. The summed E-state index contributed by atoms with van der Waals surface area (Å²) >= 11 is 0. The Morgan fingerprint density at radius 2 is 2.24 bits per heavy atom. The van der Waals surface area contributed by atoms with Crippen molar-refractivity contribution in [3.8, 4) is 6.07 Å². The third kappa shape index (κ3) is 1.52. The molecule has 2 unspecified atom stereocenters. The highest BCUT2D eigenvalue weighted by Gasteiger charge is 2.36. The van der Waals surface area contributed by atoms with Crippen LogP contribution in [0.4, 0.5) is 5.69 Å². The van der Waals surface area contributed by atoms with Gasteiger partial charge in [-0.3, -0.25) is 0 Å². The highest BCUT2D eigenvalue weighted by atomic mass is 15.1. The van der Waals surface area contributed by atoms with Crippen LogP contribution in [0.25, 0.3) is 0 Å². The van der Waals surface area contributed by atoms with Gasteiger partial charge < -0.3 is 10.6 Å². The average molecular weight is 227 g/mol. The second-order valence-corrected chi connectivity index (χ2v) is 5.34. The molecule has 1 aromatic carbocycles. The molecule has 2 atom stereocenters. The molecule has 3 nitrogen and oxygen atoms in total. The number of benzene rings is 1. The van der Waals surface area contributed by atoms with Crippen molar-refractivity contribution in [2.24, 2.45) is 5.92 Å². The molecule has 2 N–H and O–H groups in total. The van der Waals surface area contributed by atoms with Crippen molar-refractivity contribution in [2.45, 2.75) is 18.8 Å². The van der Waals surface area contributed by atoms with Gasteiger partial charge in [0.25, 0.3) is 0 Å². The largest absolute Gasteiger partial charge is 0.398 e. The van der Waals surface area contributed by atoms with Gasteiger partial charge >= 0.3 is 0 Å². The van der Waals surface area contributed by atoms with Crippen molar-refractivity contribution >= 4 is 5.69 Å². The Balaban J connectivity index is 2.11. The maximum Gasteiger partial charge on any atom is 0.102 e. The molecule has 17 heavy (non-hydrogen) atoms. The van der Waals surface area contributed by atoms with E-state index in [-0.39, 0.29) is 0 Å². The van der Waals surface area contributed by atoms with E-state index in [0.29, 0.717) is 11.6 Å². The summed E-state index contributed by atoms with van der Waals surface area (Å²) in [6, 6.07) is 6.32. The summed E-state index contributed by atoms with van der Waals surface area (Å²) in [5, 5.41) is 9.23. The molecule has 1 heterocycles. The first-order chi connectivity index (χ1) is 8.20. The minimum Gasteiger partial charge on any atom is -0.398 e. The molecule has 2 aliphatic rings. The molecule has 1 aliphatic heterocycles. The van der Waals surface area contributed by atoms with E-state index in [0.717, 1.165) is 24.4 Å². The zero-order valence-corrected chi connectivity index (χ0v) is 10.1. The predicted molar refractivity (Wildman–Crippen MR) is 67.6 cm³/mol. The number of likely N-dealkylation sites (N-methyl/N-ethyl adjacent to an activating group) is 1. The molecule has 1 fully saturated rings. The maximum absolute atomic E-state index is 9.23. The molecule has 0 radical (unpaired) electrons. The van der Waals surface area contributed by atoms with E-state index in [1.54, 1.807) is 0 Å². The number of nitrogens with two attached hydrogens (primary N) is 1. The van der Waals surface area contributed by atoms with Crippen LogP contribution < -0.4 is 5.73 Å². The number of anilines is 1. The van der Waals surface area contributed by atoms with Crippen LogP contribution in [0.15, 0.2) is 12.1 Å². The smallest absolute Gasteiger partial charge is 0.102 e. The van der Waals surface area contributed by atoms with E-state index >= 15 is 0 Å². The highest BCUT2D eigenvalue weighted by Crippen LogP contribution is 2.42. The molecule has 0 amide bonds. The van der Waals surface area contributed by atoms with Gasteiger partial charge in [-0.15, -0.1) is 0 Å². The van der Waals surface area contributed by atoms with Crippen LogP contribution in [0.1, 0.15) is 29.0 Å². The van der Waals surface area contributed by atoms with Crippen molar-refractivity contribution in [3.05, 3.63) is 28.8 Å². The van der Waals surface area contributed by atoms with Gasteiger partial charge in [-0.05, 0) is 43.0 Å². The lowest BCUT2D eigenvalue weighted by Crippen LogP contribution is -2.20. The molecular formula is C14H17N3. The fraction of sp³-hybridized carbons (Fsp3) is 0.500. The zero-order chi connectivity index (χ0) is 12.0. The minimum absolute atomic E-state index is 0.608. The number of nitrogens with zero attached hydrogens (tertiary/aromatic N) is 2. The minimum atomic E-state index is 0.608. The van der Waals surface area contributed by atoms with Gasteiger partial charge in [0.1, 0.15) is 6.07 Å². The van der Waals surface area contributed by atoms with Crippen LogP contribution in [0.2, 0.25) is 0 Å². The van der Waals surface area contributed by atoms with E-state index in [9.17, 15) is 5.26 Å². The first kappa shape index (κ1) is 10.6. The first-order valence-electron chi connectivity index (χ1n) is 6.20. The molecule has 1 saturated heterocycles. The molecule has 88 valence electrons. The standard InChI is InChI=1S/C14H17N3/c1-17-7-9-2-3-10-11(13(9)8-17)4-5-14(16)12(10)6-15/h4-5,9,13H,2-3,7-8,16H2,1H3. The molecule has 1 aromatic rings. The van der Waals surface area contributed by atoms with Gasteiger partial charge in [0.05, 0.1) is 5.56 Å². The van der Waals surface area contributed by atoms with Crippen LogP contribution in [0, 0.1) is 17.2 Å². The number of fused-ring (bicyclic) bond motifs is 3. The molecule has 1 aliphatic carbocycles. The molecule has 0 saturated carbocycles. The Labute approximate surface area is 102 Å². The van der Waals surface area contributed by atoms with Gasteiger partial charge in [-0.1, -0.05) is 6.07 Å². The summed E-state index contributed by atoms with van der Waals surface area (Å²) in [6.45, 7) is 2.31. The van der Waals surface area contributed by atoms with Gasteiger partial charge in [0, 0.05) is 24.7 Å². The number of likely N-dealkylation sites (tertiary alicyclic amines) is 1. The SMILES string of the molecule is CN1CC2CCc3c(ccc(N)c3C#N)C2C1. The summed E-state index contributed by atoms with van der Waals surface area (Å²) < 4.78 is 0. The van der Waals surface area contributed by atoms with Crippen molar-refractivity contribution in [1.29, 1.82) is 5.26 Å². The van der Waals surface area contributed by atoms with Crippen LogP contribution in [-0.2, 0) is 6.42 Å². The van der Waals surface area contributed by atoms with Crippen molar-refractivity contribution in [2.75, 3.05) is 25.9 Å². The first-order valence-corrected chi connectivity index (χ1v) is 6.20. The van der Waals surface area contributed by atoms with E-state index < -0.39 is 0 Å². The summed E-state index contributed by atoms with van der Waals surface area (Å²) in [4.78, 5) is 2.40. The number of nitriles is 1. The van der Waals surface area contributed by atoms with Crippen LogP contribution in [0.3, 0.4) is 0 Å². The van der Waals surface area contributed by atoms with Crippen LogP contribution in [-0.4, -0.2) is 25.0 Å². The zero-order valence-electron chi connectivity index (χ0n) is 10.1. The topological polar surface area (TPSA) is 53.0 Å². The number of hydrogen-bond donors (Lipinski definition) is 1. The molecule has 0 aromatic heterocycles. The number of nitrogen functional groups attached to an aromatic ring is 1. The second-order valence-electron chi connectivity index (χ2n) is 5.34. The summed E-state index contributed by atoms with van der Waals surface area (Å²) in [6.07, 6.45) is 2.21. The lowest BCUT2D eigenvalue weighted by Gasteiger charge is -2.28. The van der Waals surface area contributed by atoms with E-state index in [1.165, 1.54) is 24.1 Å². The molecule has 3 heteroatoms. The summed E-state index contributed by atoms with van der Waals surface area (Å²) in [7, 11) is 2.18. The fourth-order valence-corrected chi connectivity index (χ4v) is 3.49. The lowest BCUT2D eigenvalue weighted by molar-refractivity contribution is 0.387. The predicted octanol–water partition coefficient (Wildman–Crippen LogP) is 1.73. The molecule has 0 bridgehead atoms. The second kappa shape index (κ2) is 3.75. The van der Waals surface area contributed by atoms with Crippen molar-refractivity contribution in [1.82, 2.24) is 4.90 Å². The quantitative estimate of drug-likeness (QED) is 0.687. The fourth-order valence-electron chi connectivity index (χ4n) is 3.49. The lowest BCUT2D eigenvalue weighted by atomic mass is 9.75. The van der Waals surface area contributed by atoms with Crippen LogP contribution >= 0.6 is 0 Å². The maximum atomic E-state index is 9.23. The molecule has 0 spiro atoms. The Morgan fingerprint density at radius 1 is 1.41 bits per heavy atom. The monoisotopic (exact) mass is 227 g/mol. The van der Waals surface area contributed by atoms with E-state index in [2.05, 4.69) is 24.1 Å². The Hall–Kier alpha value is -1.53. The average Bonchev–Trinajstić information content (AvgIpc) is 2.69. The van der Waals surface area contributed by atoms with Crippen molar-refractivity contribution in [3.63, 3.8) is 0 Å². The summed E-state index contributed by atoms with van der Waals surface area (Å²) in [5.74, 6) is 1.37. The Bertz CT molecular complexity index is 501. The Morgan fingerprint density at radius 3 is 3.00 bits per heavy atom. The number of rotatable bonds is 0. The van der Waals surface area contributed by atoms with Gasteiger partial charge in [-0.25, -0.2) is 0 Å². The highest BCUT2D eigenvalue weighted by molar-refractivity contribution is 5.61. The van der Waals surface area contributed by atoms with Crippen molar-refractivity contribution < 1.29 is 0 Å². The van der Waals surface area contributed by atoms with E-state index in [4.69, 9.17) is 5.73 Å². The van der Waals surface area contributed by atoms with Gasteiger partial charge in [0.15, 0.2) is 0 Å². The summed E-state index contributed by atoms with van der Waals surface area (Å²) in [5.41, 5.74) is 9.82. The molecular weight excluding hydrogens is 210 g/mol. The third-order valence-corrected chi connectivity index (χ3v) is 4.28. The third-order valence-electron chi connectivity index (χ3n) is 4.28. The van der Waals surface area contributed by atoms with Gasteiger partial charge in [0.2, 0.25) is 0 Å². The molecule has 3 rings (SSSR count). The normalized spacial score (nSPS) is 27.3. The number of hydrogen-bond acceptors (Lipinski definition) is 3. The van der Waals surface area contributed by atoms with Gasteiger partial charge in [-0.2, -0.15) is 5.26 Å². The van der Waals surface area contributed by atoms with Crippen LogP contribution in [0.5, 0.6) is 0 Å². The van der Waals surface area contributed by atoms with E-state index in [1.807, 2.05) is 6.07 Å².